The summed E-state index contributed by atoms with van der Waals surface area (Å²) in [6.07, 6.45) is 3.01. The molecule has 0 bridgehead atoms. The van der Waals surface area contributed by atoms with Crippen molar-refractivity contribution in [3.63, 3.8) is 0 Å². The Kier molecular flexibility index (Phi) is 3.89. The zero-order valence-electron chi connectivity index (χ0n) is 12.4. The van der Waals surface area contributed by atoms with Crippen molar-refractivity contribution in [3.8, 4) is 0 Å². The predicted molar refractivity (Wildman–Crippen MR) is 83.9 cm³/mol. The molecule has 0 saturated carbocycles. The Hall–Kier alpha value is -3.02. The molecule has 0 saturated heterocycles. The molecule has 0 aliphatic heterocycles. The number of nitrogens with one attached hydrogen (secondary N) is 1. The van der Waals surface area contributed by atoms with Gasteiger partial charge in [0.25, 0.3) is 0 Å². The van der Waals surface area contributed by atoms with E-state index < -0.39 is 0 Å². The van der Waals surface area contributed by atoms with Gasteiger partial charge in [-0.2, -0.15) is 0 Å². The Morgan fingerprint density at radius 2 is 1.87 bits per heavy atom. The number of anilines is 1. The van der Waals surface area contributed by atoms with E-state index in [9.17, 15) is 14.0 Å². The highest BCUT2D eigenvalue weighted by Crippen LogP contribution is 2.12. The third kappa shape index (κ3) is 3.42. The zero-order valence-corrected chi connectivity index (χ0v) is 12.4. The van der Waals surface area contributed by atoms with Crippen LogP contribution in [0, 0.1) is 5.82 Å². The second-order valence-electron chi connectivity index (χ2n) is 5.20. The number of Topliss-reactive ketones (excluding diaryl/α,β-unsaturated/α-hetero) is 1. The van der Waals surface area contributed by atoms with Gasteiger partial charge in [-0.25, -0.2) is 9.37 Å². The molecule has 1 amide bonds. The van der Waals surface area contributed by atoms with E-state index in [0.717, 1.165) is 0 Å². The van der Waals surface area contributed by atoms with Gasteiger partial charge < -0.3 is 9.72 Å². The molecule has 5 nitrogen and oxygen atoms in total. The van der Waals surface area contributed by atoms with E-state index in [2.05, 4.69) is 10.3 Å². The van der Waals surface area contributed by atoms with Crippen LogP contribution in [-0.2, 0) is 11.2 Å². The van der Waals surface area contributed by atoms with Gasteiger partial charge in [0, 0.05) is 23.6 Å². The highest BCUT2D eigenvalue weighted by Gasteiger charge is 2.09. The standard InChI is InChI=1S/C17H14FN3O2/c1-11(22)12-2-5-14(6-3-12)20-17(23)8-15-10-21-9-13(18)4-7-16(21)19-15/h2-7,9-10H,8H2,1H3,(H,20,23). The van der Waals surface area contributed by atoms with Crippen LogP contribution in [0.5, 0.6) is 0 Å². The smallest absolute Gasteiger partial charge is 0.230 e. The average Bonchev–Trinajstić information content (AvgIpc) is 2.88. The number of carbonyl (C=O) groups is 2. The summed E-state index contributed by atoms with van der Waals surface area (Å²) >= 11 is 0. The number of aromatic nitrogens is 2. The fraction of sp³-hybridized carbons (Fsp3) is 0.118. The second-order valence-corrected chi connectivity index (χ2v) is 5.20. The van der Waals surface area contributed by atoms with Gasteiger partial charge in [-0.05, 0) is 43.3 Å². The van der Waals surface area contributed by atoms with Gasteiger partial charge in [0.1, 0.15) is 11.5 Å². The van der Waals surface area contributed by atoms with Crippen molar-refractivity contribution < 1.29 is 14.0 Å². The molecule has 6 heteroatoms. The van der Waals surface area contributed by atoms with Crippen molar-refractivity contribution in [2.45, 2.75) is 13.3 Å². The first-order valence-electron chi connectivity index (χ1n) is 7.05. The van der Waals surface area contributed by atoms with Crippen molar-refractivity contribution >= 4 is 23.0 Å². The van der Waals surface area contributed by atoms with Crippen LogP contribution < -0.4 is 5.32 Å². The first-order valence-corrected chi connectivity index (χ1v) is 7.05. The van der Waals surface area contributed by atoms with E-state index in [1.807, 2.05) is 0 Å². The number of pyridine rings is 1. The fourth-order valence-corrected chi connectivity index (χ4v) is 2.26. The van der Waals surface area contributed by atoms with Gasteiger partial charge in [0.2, 0.25) is 5.91 Å². The molecule has 0 unspecified atom stereocenters. The predicted octanol–water partition coefficient (Wildman–Crippen LogP) is 2.86. The van der Waals surface area contributed by atoms with Gasteiger partial charge in [-0.3, -0.25) is 9.59 Å². The van der Waals surface area contributed by atoms with E-state index in [1.54, 1.807) is 40.9 Å². The number of carbonyl (C=O) groups excluding carboxylic acids is 2. The molecule has 2 aromatic heterocycles. The molecule has 3 rings (SSSR count). The highest BCUT2D eigenvalue weighted by molar-refractivity contribution is 5.96. The summed E-state index contributed by atoms with van der Waals surface area (Å²) in [4.78, 5) is 27.5. The number of rotatable bonds is 4. The van der Waals surface area contributed by atoms with Crippen molar-refractivity contribution in [1.29, 1.82) is 0 Å². The Labute approximate surface area is 131 Å². The minimum Gasteiger partial charge on any atom is -0.326 e. The summed E-state index contributed by atoms with van der Waals surface area (Å²) in [5.41, 5.74) is 2.33. The molecule has 1 N–H and O–H groups in total. The van der Waals surface area contributed by atoms with E-state index in [4.69, 9.17) is 0 Å². The van der Waals surface area contributed by atoms with Crippen molar-refractivity contribution in [2.75, 3.05) is 5.32 Å². The minimum absolute atomic E-state index is 0.0280. The molecule has 0 aliphatic carbocycles. The lowest BCUT2D eigenvalue weighted by Gasteiger charge is -2.04. The second kappa shape index (κ2) is 6.00. The van der Waals surface area contributed by atoms with Crippen LogP contribution in [0.25, 0.3) is 5.65 Å². The number of fused-ring (bicyclic) bond motifs is 1. The summed E-state index contributed by atoms with van der Waals surface area (Å²) in [5.74, 6) is -0.624. The van der Waals surface area contributed by atoms with Crippen LogP contribution in [0.4, 0.5) is 10.1 Å². The van der Waals surface area contributed by atoms with Gasteiger partial charge in [0.05, 0.1) is 12.1 Å². The molecule has 0 aliphatic rings. The molecule has 0 fully saturated rings. The van der Waals surface area contributed by atoms with Crippen molar-refractivity contribution in [2.24, 2.45) is 0 Å². The Morgan fingerprint density at radius 3 is 2.57 bits per heavy atom. The van der Waals surface area contributed by atoms with E-state index >= 15 is 0 Å². The number of ketones is 1. The van der Waals surface area contributed by atoms with Crippen molar-refractivity contribution in [1.82, 2.24) is 9.38 Å². The van der Waals surface area contributed by atoms with Gasteiger partial charge in [-0.15, -0.1) is 0 Å². The van der Waals surface area contributed by atoms with Crippen LogP contribution in [0.15, 0.2) is 48.8 Å². The Balaban J connectivity index is 1.69. The van der Waals surface area contributed by atoms with Crippen LogP contribution in [0.3, 0.4) is 0 Å². The molecular formula is C17H14FN3O2. The summed E-state index contributed by atoms with van der Waals surface area (Å²) in [5, 5.41) is 2.74. The maximum Gasteiger partial charge on any atom is 0.230 e. The first kappa shape index (κ1) is 14.9. The first-order chi connectivity index (χ1) is 11.0. The molecule has 0 spiro atoms. The largest absolute Gasteiger partial charge is 0.326 e. The lowest BCUT2D eigenvalue weighted by molar-refractivity contribution is -0.115. The van der Waals surface area contributed by atoms with E-state index in [0.29, 0.717) is 22.6 Å². The van der Waals surface area contributed by atoms with Gasteiger partial charge in [0.15, 0.2) is 5.78 Å². The Morgan fingerprint density at radius 1 is 1.13 bits per heavy atom. The maximum absolute atomic E-state index is 13.1. The molecule has 23 heavy (non-hydrogen) atoms. The van der Waals surface area contributed by atoms with Crippen LogP contribution in [0.2, 0.25) is 0 Å². The lowest BCUT2D eigenvalue weighted by atomic mass is 10.1. The molecular weight excluding hydrogens is 297 g/mol. The van der Waals surface area contributed by atoms with Crippen LogP contribution in [0.1, 0.15) is 23.0 Å². The fourth-order valence-electron chi connectivity index (χ4n) is 2.26. The summed E-state index contributed by atoms with van der Waals surface area (Å²) in [7, 11) is 0. The third-order valence-electron chi connectivity index (χ3n) is 3.38. The number of nitrogens with zero attached hydrogens (tertiary/aromatic N) is 2. The molecule has 1 aromatic carbocycles. The maximum atomic E-state index is 13.1. The Bertz CT molecular complexity index is 884. The quantitative estimate of drug-likeness (QED) is 0.754. The van der Waals surface area contributed by atoms with E-state index in [-0.39, 0.29) is 23.9 Å². The SMILES string of the molecule is CC(=O)c1ccc(NC(=O)Cc2cn3cc(F)ccc3n2)cc1. The molecule has 0 atom stereocenters. The third-order valence-corrected chi connectivity index (χ3v) is 3.38. The molecule has 116 valence electrons. The summed E-state index contributed by atoms with van der Waals surface area (Å²) < 4.78 is 14.7. The highest BCUT2D eigenvalue weighted by atomic mass is 19.1. The normalized spacial score (nSPS) is 10.7. The van der Waals surface area contributed by atoms with Gasteiger partial charge >= 0.3 is 0 Å². The number of imidazole rings is 1. The molecule has 3 aromatic rings. The lowest BCUT2D eigenvalue weighted by Crippen LogP contribution is -2.14. The average molecular weight is 311 g/mol. The van der Waals surface area contributed by atoms with Crippen molar-refractivity contribution in [3.05, 3.63) is 65.9 Å². The summed E-state index contributed by atoms with van der Waals surface area (Å²) in [6.45, 7) is 1.49. The minimum atomic E-state index is -0.364. The van der Waals surface area contributed by atoms with Gasteiger partial charge in [-0.1, -0.05) is 0 Å². The van der Waals surface area contributed by atoms with Crippen LogP contribution in [-0.4, -0.2) is 21.1 Å². The zero-order chi connectivity index (χ0) is 16.4. The number of hydrogen-bond donors (Lipinski definition) is 1. The van der Waals surface area contributed by atoms with E-state index in [1.165, 1.54) is 19.2 Å². The summed E-state index contributed by atoms with van der Waals surface area (Å²) in [6, 6.07) is 9.54. The number of benzene rings is 1. The number of amides is 1. The molecule has 2 heterocycles. The van der Waals surface area contributed by atoms with Crippen LogP contribution >= 0.6 is 0 Å². The number of hydrogen-bond acceptors (Lipinski definition) is 3. The molecule has 0 radical (unpaired) electrons. The monoisotopic (exact) mass is 311 g/mol. The number of halogens is 1. The topological polar surface area (TPSA) is 63.5 Å².